The van der Waals surface area contributed by atoms with E-state index >= 15 is 0 Å². The van der Waals surface area contributed by atoms with Crippen molar-refractivity contribution in [2.45, 2.75) is 33.7 Å². The van der Waals surface area contributed by atoms with Crippen LogP contribution in [-0.2, 0) is 0 Å². The Labute approximate surface area is 107 Å². The van der Waals surface area contributed by atoms with E-state index in [2.05, 4.69) is 66.7 Å². The van der Waals surface area contributed by atoms with Gasteiger partial charge in [-0.05, 0) is 49.4 Å². The molecular weight excluding hydrogens is 226 g/mol. The molecule has 0 radical (unpaired) electrons. The fourth-order valence-electron chi connectivity index (χ4n) is 2.08. The minimum Gasteiger partial charge on any atom is -0.308 e. The van der Waals surface area contributed by atoms with Gasteiger partial charge in [0.15, 0.2) is 5.82 Å². The standard InChI is InChI=1S/C13H19N5/c1-5-14-11(4)13-15-16-17-18(13)12-7-6-9(2)8-10(12)3/h6-8,11,14H,5H2,1-4H3. The zero-order valence-corrected chi connectivity index (χ0v) is 11.3. The summed E-state index contributed by atoms with van der Waals surface area (Å²) >= 11 is 0. The van der Waals surface area contributed by atoms with Crippen molar-refractivity contribution >= 4 is 0 Å². The van der Waals surface area contributed by atoms with Crippen molar-refractivity contribution in [3.8, 4) is 5.69 Å². The molecule has 2 rings (SSSR count). The molecule has 1 heterocycles. The monoisotopic (exact) mass is 245 g/mol. The van der Waals surface area contributed by atoms with Gasteiger partial charge >= 0.3 is 0 Å². The lowest BCUT2D eigenvalue weighted by Crippen LogP contribution is -2.21. The molecule has 0 aliphatic rings. The lowest BCUT2D eigenvalue weighted by Gasteiger charge is -2.13. The fourth-order valence-corrected chi connectivity index (χ4v) is 2.08. The van der Waals surface area contributed by atoms with Gasteiger partial charge in [0.1, 0.15) is 0 Å². The number of tetrazole rings is 1. The van der Waals surface area contributed by atoms with Gasteiger partial charge in [0.05, 0.1) is 11.7 Å². The molecule has 2 aromatic rings. The smallest absolute Gasteiger partial charge is 0.173 e. The van der Waals surface area contributed by atoms with Gasteiger partial charge in [0, 0.05) is 0 Å². The molecule has 0 bridgehead atoms. The van der Waals surface area contributed by atoms with Crippen LogP contribution in [-0.4, -0.2) is 26.8 Å². The Balaban J connectivity index is 2.42. The summed E-state index contributed by atoms with van der Waals surface area (Å²) in [6.07, 6.45) is 0. The number of nitrogens with one attached hydrogen (secondary N) is 1. The van der Waals surface area contributed by atoms with Crippen molar-refractivity contribution in [1.82, 2.24) is 25.5 Å². The average molecular weight is 245 g/mol. The van der Waals surface area contributed by atoms with Crippen molar-refractivity contribution in [3.05, 3.63) is 35.2 Å². The van der Waals surface area contributed by atoms with Crippen LogP contribution in [0.3, 0.4) is 0 Å². The number of rotatable bonds is 4. The van der Waals surface area contributed by atoms with Crippen molar-refractivity contribution < 1.29 is 0 Å². The normalized spacial score (nSPS) is 12.7. The Hall–Kier alpha value is -1.75. The summed E-state index contributed by atoms with van der Waals surface area (Å²) in [5.41, 5.74) is 3.45. The van der Waals surface area contributed by atoms with Crippen LogP contribution in [0, 0.1) is 13.8 Å². The first-order valence-corrected chi connectivity index (χ1v) is 6.22. The third-order valence-electron chi connectivity index (χ3n) is 2.97. The van der Waals surface area contributed by atoms with Crippen LogP contribution < -0.4 is 5.32 Å². The van der Waals surface area contributed by atoms with Gasteiger partial charge in [-0.1, -0.05) is 24.6 Å². The van der Waals surface area contributed by atoms with E-state index in [-0.39, 0.29) is 6.04 Å². The van der Waals surface area contributed by atoms with Gasteiger partial charge in [0.2, 0.25) is 0 Å². The molecule has 0 amide bonds. The van der Waals surface area contributed by atoms with Crippen LogP contribution in [0.2, 0.25) is 0 Å². The molecule has 5 heteroatoms. The van der Waals surface area contributed by atoms with E-state index in [4.69, 9.17) is 0 Å². The summed E-state index contributed by atoms with van der Waals surface area (Å²) in [5.74, 6) is 0.837. The van der Waals surface area contributed by atoms with E-state index in [1.807, 2.05) is 4.68 Å². The number of hydrogen-bond acceptors (Lipinski definition) is 4. The predicted octanol–water partition coefficient (Wildman–Crippen LogP) is 1.95. The second-order valence-electron chi connectivity index (χ2n) is 4.52. The molecule has 1 atom stereocenters. The molecule has 0 saturated heterocycles. The van der Waals surface area contributed by atoms with Gasteiger partial charge in [-0.2, -0.15) is 4.68 Å². The summed E-state index contributed by atoms with van der Waals surface area (Å²) in [6.45, 7) is 9.18. The van der Waals surface area contributed by atoms with Gasteiger partial charge in [-0.25, -0.2) is 0 Å². The van der Waals surface area contributed by atoms with Crippen LogP contribution in [0.4, 0.5) is 0 Å². The van der Waals surface area contributed by atoms with Gasteiger partial charge < -0.3 is 5.32 Å². The van der Waals surface area contributed by atoms with Gasteiger partial charge in [-0.3, -0.25) is 0 Å². The molecule has 1 unspecified atom stereocenters. The molecule has 5 nitrogen and oxygen atoms in total. The van der Waals surface area contributed by atoms with Crippen molar-refractivity contribution in [3.63, 3.8) is 0 Å². The maximum atomic E-state index is 4.11. The minimum absolute atomic E-state index is 0.130. The van der Waals surface area contributed by atoms with Crippen LogP contribution >= 0.6 is 0 Å². The predicted molar refractivity (Wildman–Crippen MR) is 70.7 cm³/mol. The minimum atomic E-state index is 0.130. The zero-order valence-electron chi connectivity index (χ0n) is 11.3. The molecule has 1 aromatic heterocycles. The quantitative estimate of drug-likeness (QED) is 0.894. The second kappa shape index (κ2) is 5.27. The Morgan fingerprint density at radius 3 is 2.78 bits per heavy atom. The fraction of sp³-hybridized carbons (Fsp3) is 0.462. The number of nitrogens with zero attached hydrogens (tertiary/aromatic N) is 4. The average Bonchev–Trinajstić information content (AvgIpc) is 2.78. The number of benzene rings is 1. The van der Waals surface area contributed by atoms with Crippen molar-refractivity contribution in [2.24, 2.45) is 0 Å². The molecule has 0 fully saturated rings. The van der Waals surface area contributed by atoms with Crippen molar-refractivity contribution in [2.75, 3.05) is 6.54 Å². The van der Waals surface area contributed by atoms with Crippen LogP contribution in [0.15, 0.2) is 18.2 Å². The zero-order chi connectivity index (χ0) is 13.1. The summed E-state index contributed by atoms with van der Waals surface area (Å²) in [5, 5.41) is 15.3. The topological polar surface area (TPSA) is 55.6 Å². The van der Waals surface area contributed by atoms with Crippen LogP contribution in [0.1, 0.15) is 36.8 Å². The highest BCUT2D eigenvalue weighted by Crippen LogP contribution is 2.18. The summed E-state index contributed by atoms with van der Waals surface area (Å²) < 4.78 is 1.81. The number of aryl methyl sites for hydroxylation is 2. The van der Waals surface area contributed by atoms with E-state index in [0.29, 0.717) is 0 Å². The third kappa shape index (κ3) is 2.41. The molecule has 1 aromatic carbocycles. The SMILES string of the molecule is CCNC(C)c1nnnn1-c1ccc(C)cc1C. The second-order valence-corrected chi connectivity index (χ2v) is 4.52. The van der Waals surface area contributed by atoms with E-state index in [0.717, 1.165) is 18.1 Å². The first-order valence-electron chi connectivity index (χ1n) is 6.22. The Morgan fingerprint density at radius 1 is 1.33 bits per heavy atom. The van der Waals surface area contributed by atoms with Crippen LogP contribution in [0.25, 0.3) is 5.69 Å². The summed E-state index contributed by atoms with van der Waals surface area (Å²) in [7, 11) is 0. The highest BCUT2D eigenvalue weighted by molar-refractivity contribution is 5.42. The molecule has 0 spiro atoms. The van der Waals surface area contributed by atoms with E-state index in [1.165, 1.54) is 11.1 Å². The van der Waals surface area contributed by atoms with E-state index < -0.39 is 0 Å². The highest BCUT2D eigenvalue weighted by Gasteiger charge is 2.15. The Kier molecular flexibility index (Phi) is 3.72. The maximum absolute atomic E-state index is 4.11. The van der Waals surface area contributed by atoms with E-state index in [9.17, 15) is 0 Å². The third-order valence-corrected chi connectivity index (χ3v) is 2.97. The Morgan fingerprint density at radius 2 is 2.11 bits per heavy atom. The van der Waals surface area contributed by atoms with Crippen LogP contribution in [0.5, 0.6) is 0 Å². The van der Waals surface area contributed by atoms with Gasteiger partial charge in [0.25, 0.3) is 0 Å². The number of hydrogen-bond donors (Lipinski definition) is 1. The molecule has 0 aliphatic carbocycles. The largest absolute Gasteiger partial charge is 0.308 e. The Bertz CT molecular complexity index is 532. The first kappa shape index (κ1) is 12.7. The van der Waals surface area contributed by atoms with E-state index in [1.54, 1.807) is 0 Å². The molecule has 18 heavy (non-hydrogen) atoms. The molecule has 96 valence electrons. The molecule has 1 N–H and O–H groups in total. The number of aromatic nitrogens is 4. The first-order chi connectivity index (χ1) is 8.63. The summed E-state index contributed by atoms with van der Waals surface area (Å²) in [6, 6.07) is 6.40. The van der Waals surface area contributed by atoms with Gasteiger partial charge in [-0.15, -0.1) is 5.10 Å². The molecule has 0 aliphatic heterocycles. The maximum Gasteiger partial charge on any atom is 0.173 e. The lowest BCUT2D eigenvalue weighted by molar-refractivity contribution is 0.550. The highest BCUT2D eigenvalue weighted by atomic mass is 15.5. The summed E-state index contributed by atoms with van der Waals surface area (Å²) in [4.78, 5) is 0. The lowest BCUT2D eigenvalue weighted by atomic mass is 10.1. The van der Waals surface area contributed by atoms with Crippen molar-refractivity contribution in [1.29, 1.82) is 0 Å². The molecular formula is C13H19N5. The molecule has 0 saturated carbocycles.